The van der Waals surface area contributed by atoms with Gasteiger partial charge in [0.2, 0.25) is 0 Å². The summed E-state index contributed by atoms with van der Waals surface area (Å²) < 4.78 is 16.2. The van der Waals surface area contributed by atoms with Crippen LogP contribution in [0.5, 0.6) is 0 Å². The van der Waals surface area contributed by atoms with Crippen molar-refractivity contribution in [2.24, 2.45) is 0 Å². The van der Waals surface area contributed by atoms with Crippen molar-refractivity contribution in [2.75, 3.05) is 6.54 Å². The lowest BCUT2D eigenvalue weighted by Gasteiger charge is -2.20. The number of aryl methyl sites for hydroxylation is 1. The van der Waals surface area contributed by atoms with Crippen LogP contribution in [-0.2, 0) is 6.54 Å². The van der Waals surface area contributed by atoms with Crippen molar-refractivity contribution in [3.05, 3.63) is 52.8 Å². The summed E-state index contributed by atoms with van der Waals surface area (Å²) in [5.41, 5.74) is 0.573. The molecule has 0 fully saturated rings. The third-order valence-electron chi connectivity index (χ3n) is 3.22. The topological polar surface area (TPSA) is 29.9 Å². The number of halogens is 2. The largest absolute Gasteiger partial charge is 0.334 e. The van der Waals surface area contributed by atoms with Crippen molar-refractivity contribution in [1.82, 2.24) is 14.9 Å². The fourth-order valence-corrected chi connectivity index (χ4v) is 2.37. The predicted octanol–water partition coefficient (Wildman–Crippen LogP) is 3.78. The van der Waals surface area contributed by atoms with Crippen molar-refractivity contribution < 1.29 is 4.39 Å². The second-order valence-electron chi connectivity index (χ2n) is 4.62. The Hall–Kier alpha value is -1.39. The number of nitrogens with zero attached hydrogens (tertiary/aromatic N) is 2. The zero-order chi connectivity index (χ0) is 14.5. The summed E-state index contributed by atoms with van der Waals surface area (Å²) in [6.45, 7) is 5.72. The van der Waals surface area contributed by atoms with Crippen molar-refractivity contribution >= 4 is 11.6 Å². The van der Waals surface area contributed by atoms with Gasteiger partial charge in [-0.15, -0.1) is 0 Å². The Morgan fingerprint density at radius 2 is 2.20 bits per heavy atom. The first kappa shape index (κ1) is 15.0. The summed E-state index contributed by atoms with van der Waals surface area (Å²) in [7, 11) is 0. The Balaban J connectivity index is 2.41. The van der Waals surface area contributed by atoms with Gasteiger partial charge in [0.25, 0.3) is 0 Å². The smallest absolute Gasteiger partial charge is 0.130 e. The third-order valence-corrected chi connectivity index (χ3v) is 3.45. The number of benzene rings is 1. The van der Waals surface area contributed by atoms with Gasteiger partial charge in [0.1, 0.15) is 11.6 Å². The molecular weight excluding hydrogens is 277 g/mol. The molecule has 0 radical (unpaired) electrons. The van der Waals surface area contributed by atoms with Crippen molar-refractivity contribution in [2.45, 2.75) is 32.9 Å². The van der Waals surface area contributed by atoms with E-state index in [0.29, 0.717) is 10.6 Å². The normalized spacial score (nSPS) is 12.6. The number of hydrogen-bond acceptors (Lipinski definition) is 2. The van der Waals surface area contributed by atoms with Gasteiger partial charge in [-0.05, 0) is 32.0 Å². The molecule has 0 bridgehead atoms. The van der Waals surface area contributed by atoms with Gasteiger partial charge in [0.15, 0.2) is 0 Å². The van der Waals surface area contributed by atoms with Crippen LogP contribution in [0.4, 0.5) is 4.39 Å². The molecule has 3 nitrogen and oxygen atoms in total. The van der Waals surface area contributed by atoms with Crippen molar-refractivity contribution in [3.8, 4) is 0 Å². The maximum atomic E-state index is 14.2. The van der Waals surface area contributed by atoms with Crippen LogP contribution in [0.15, 0.2) is 30.6 Å². The first-order chi connectivity index (χ1) is 9.67. The molecule has 20 heavy (non-hydrogen) atoms. The second kappa shape index (κ2) is 6.86. The Morgan fingerprint density at radius 1 is 1.40 bits per heavy atom. The third kappa shape index (κ3) is 3.19. The molecule has 0 aliphatic heterocycles. The van der Waals surface area contributed by atoms with E-state index in [9.17, 15) is 4.39 Å². The Kier molecular flexibility index (Phi) is 5.15. The van der Waals surface area contributed by atoms with Gasteiger partial charge in [-0.3, -0.25) is 0 Å². The van der Waals surface area contributed by atoms with E-state index < -0.39 is 0 Å². The summed E-state index contributed by atoms with van der Waals surface area (Å²) in [6.07, 6.45) is 4.62. The van der Waals surface area contributed by atoms with E-state index in [1.54, 1.807) is 18.3 Å². The van der Waals surface area contributed by atoms with Gasteiger partial charge in [-0.25, -0.2) is 9.37 Å². The van der Waals surface area contributed by atoms with Crippen LogP contribution in [0, 0.1) is 5.82 Å². The molecule has 0 saturated carbocycles. The lowest BCUT2D eigenvalue weighted by Crippen LogP contribution is -2.27. The molecule has 0 saturated heterocycles. The zero-order valence-electron chi connectivity index (χ0n) is 11.7. The van der Waals surface area contributed by atoms with Crippen LogP contribution in [0.3, 0.4) is 0 Å². The fraction of sp³-hybridized carbons (Fsp3) is 0.400. The molecule has 5 heteroatoms. The van der Waals surface area contributed by atoms with Gasteiger partial charge < -0.3 is 9.88 Å². The van der Waals surface area contributed by atoms with Gasteiger partial charge >= 0.3 is 0 Å². The summed E-state index contributed by atoms with van der Waals surface area (Å²) in [4.78, 5) is 4.38. The number of hydrogen-bond donors (Lipinski definition) is 1. The SMILES string of the molecule is CCCNC(c1ccc(Cl)cc1F)c1nccn1CC. The van der Waals surface area contributed by atoms with Gasteiger partial charge in [0.05, 0.1) is 6.04 Å². The molecule has 0 spiro atoms. The number of nitrogens with one attached hydrogen (secondary N) is 1. The van der Waals surface area contributed by atoms with Crippen LogP contribution >= 0.6 is 11.6 Å². The van der Waals surface area contributed by atoms with Gasteiger partial charge in [-0.1, -0.05) is 24.6 Å². The Labute approximate surface area is 123 Å². The minimum absolute atomic E-state index is 0.262. The predicted molar refractivity (Wildman–Crippen MR) is 79.4 cm³/mol. The first-order valence-electron chi connectivity index (χ1n) is 6.86. The lowest BCUT2D eigenvalue weighted by atomic mass is 10.1. The van der Waals surface area contributed by atoms with Crippen LogP contribution in [0.25, 0.3) is 0 Å². The fourth-order valence-electron chi connectivity index (χ4n) is 2.21. The monoisotopic (exact) mass is 295 g/mol. The number of rotatable bonds is 6. The van der Waals surface area contributed by atoms with Gasteiger partial charge in [-0.2, -0.15) is 0 Å². The van der Waals surface area contributed by atoms with Gasteiger partial charge in [0, 0.05) is 29.5 Å². The molecule has 108 valence electrons. The quantitative estimate of drug-likeness (QED) is 0.879. The molecule has 1 heterocycles. The van der Waals surface area contributed by atoms with Crippen LogP contribution < -0.4 is 5.32 Å². The maximum absolute atomic E-state index is 14.2. The number of imidazole rings is 1. The highest BCUT2D eigenvalue weighted by atomic mass is 35.5. The Morgan fingerprint density at radius 3 is 2.85 bits per heavy atom. The molecule has 1 N–H and O–H groups in total. The number of aromatic nitrogens is 2. The second-order valence-corrected chi connectivity index (χ2v) is 5.06. The van der Waals surface area contributed by atoms with E-state index in [1.807, 2.05) is 17.7 Å². The zero-order valence-corrected chi connectivity index (χ0v) is 12.5. The van der Waals surface area contributed by atoms with E-state index in [-0.39, 0.29) is 11.9 Å². The van der Waals surface area contributed by atoms with Crippen LogP contribution in [-0.4, -0.2) is 16.1 Å². The molecule has 2 aromatic rings. The van der Waals surface area contributed by atoms with E-state index in [2.05, 4.69) is 17.2 Å². The summed E-state index contributed by atoms with van der Waals surface area (Å²) in [5, 5.41) is 3.76. The highest BCUT2D eigenvalue weighted by molar-refractivity contribution is 6.30. The molecule has 1 aromatic carbocycles. The molecule has 0 amide bonds. The van der Waals surface area contributed by atoms with E-state index in [4.69, 9.17) is 11.6 Å². The van der Waals surface area contributed by atoms with E-state index in [1.165, 1.54) is 6.07 Å². The molecule has 0 aliphatic carbocycles. The standard InChI is InChI=1S/C15H19ClFN3/c1-3-7-18-14(15-19-8-9-20(15)4-2)12-6-5-11(16)10-13(12)17/h5-6,8-10,14,18H,3-4,7H2,1-2H3. The van der Waals surface area contributed by atoms with Crippen molar-refractivity contribution in [3.63, 3.8) is 0 Å². The minimum atomic E-state index is -0.309. The molecule has 1 aromatic heterocycles. The van der Waals surface area contributed by atoms with E-state index >= 15 is 0 Å². The summed E-state index contributed by atoms with van der Waals surface area (Å²) in [5.74, 6) is 0.513. The first-order valence-corrected chi connectivity index (χ1v) is 7.24. The highest BCUT2D eigenvalue weighted by Gasteiger charge is 2.21. The molecule has 2 rings (SSSR count). The summed E-state index contributed by atoms with van der Waals surface area (Å²) in [6, 6.07) is 4.51. The molecule has 1 atom stereocenters. The van der Waals surface area contributed by atoms with Crippen LogP contribution in [0.1, 0.15) is 37.7 Å². The molecule has 0 aliphatic rings. The van der Waals surface area contributed by atoms with E-state index in [0.717, 1.165) is 25.3 Å². The lowest BCUT2D eigenvalue weighted by molar-refractivity contribution is 0.511. The highest BCUT2D eigenvalue weighted by Crippen LogP contribution is 2.25. The maximum Gasteiger partial charge on any atom is 0.130 e. The minimum Gasteiger partial charge on any atom is -0.334 e. The molecular formula is C15H19ClFN3. The van der Waals surface area contributed by atoms with Crippen LogP contribution in [0.2, 0.25) is 5.02 Å². The Bertz CT molecular complexity index is 568. The average Bonchev–Trinajstić information content (AvgIpc) is 2.89. The van der Waals surface area contributed by atoms with Crippen molar-refractivity contribution in [1.29, 1.82) is 0 Å². The average molecular weight is 296 g/mol. The molecule has 1 unspecified atom stereocenters. The summed E-state index contributed by atoms with van der Waals surface area (Å²) >= 11 is 5.83.